The molecule has 0 aliphatic carbocycles. The zero-order valence-electron chi connectivity index (χ0n) is 15.4. The summed E-state index contributed by atoms with van der Waals surface area (Å²) < 4.78 is 0.259. The minimum atomic E-state index is -0.345. The molecule has 0 radical (unpaired) electrons. The fourth-order valence-corrected chi connectivity index (χ4v) is 3.33. The van der Waals surface area contributed by atoms with Crippen LogP contribution in [0.2, 0.25) is 0 Å². The first-order valence-corrected chi connectivity index (χ1v) is 9.10. The molecule has 1 saturated heterocycles. The van der Waals surface area contributed by atoms with E-state index in [-0.39, 0.29) is 40.0 Å². The molecule has 5 nitrogen and oxygen atoms in total. The van der Waals surface area contributed by atoms with Crippen LogP contribution < -0.4 is 10.6 Å². The molecule has 2 N–H and O–H groups in total. The Morgan fingerprint density at radius 1 is 1.30 bits per heavy atom. The number of halogens is 1. The fraction of sp³-hybridized carbons (Fsp3) is 0.875. The second-order valence-electron chi connectivity index (χ2n) is 7.27. The van der Waals surface area contributed by atoms with Gasteiger partial charge < -0.3 is 15.5 Å². The van der Waals surface area contributed by atoms with Gasteiger partial charge in [0, 0.05) is 42.1 Å². The van der Waals surface area contributed by atoms with Gasteiger partial charge in [-0.15, -0.1) is 24.0 Å². The van der Waals surface area contributed by atoms with Gasteiger partial charge in [0.1, 0.15) is 0 Å². The Balaban J connectivity index is 0.00000484. The topological polar surface area (TPSA) is 56.7 Å². The molecule has 0 bridgehead atoms. The van der Waals surface area contributed by atoms with E-state index < -0.39 is 0 Å². The molecule has 1 fully saturated rings. The molecule has 136 valence electrons. The summed E-state index contributed by atoms with van der Waals surface area (Å²) in [6.45, 7) is 16.5. The van der Waals surface area contributed by atoms with Crippen molar-refractivity contribution < 1.29 is 4.79 Å². The highest BCUT2D eigenvalue weighted by Gasteiger charge is 2.28. The van der Waals surface area contributed by atoms with E-state index in [1.807, 2.05) is 32.5 Å². The molecule has 1 heterocycles. The average Bonchev–Trinajstić information content (AvgIpc) is 2.39. The number of thioether (sulfide) groups is 1. The molecule has 23 heavy (non-hydrogen) atoms. The Morgan fingerprint density at radius 2 is 1.96 bits per heavy atom. The van der Waals surface area contributed by atoms with Crippen LogP contribution in [0.5, 0.6) is 0 Å². The quantitative estimate of drug-likeness (QED) is 0.296. The highest BCUT2D eigenvalue weighted by Crippen LogP contribution is 2.29. The number of hydrogen-bond donors (Lipinski definition) is 2. The Labute approximate surface area is 162 Å². The predicted molar refractivity (Wildman–Crippen MR) is 112 cm³/mol. The van der Waals surface area contributed by atoms with Gasteiger partial charge in [0.15, 0.2) is 5.96 Å². The van der Waals surface area contributed by atoms with Crippen molar-refractivity contribution in [2.75, 3.05) is 38.5 Å². The van der Waals surface area contributed by atoms with E-state index in [1.165, 1.54) is 0 Å². The third-order valence-corrected chi connectivity index (χ3v) is 4.70. The minimum absolute atomic E-state index is 0. The number of nitrogens with one attached hydrogen (secondary N) is 2. The maximum Gasteiger partial charge on any atom is 0.225 e. The average molecular weight is 456 g/mol. The van der Waals surface area contributed by atoms with E-state index in [0.29, 0.717) is 13.1 Å². The minimum Gasteiger partial charge on any atom is -0.357 e. The van der Waals surface area contributed by atoms with Gasteiger partial charge >= 0.3 is 0 Å². The number of rotatable bonds is 4. The van der Waals surface area contributed by atoms with Crippen LogP contribution in [-0.2, 0) is 4.79 Å². The fourth-order valence-electron chi connectivity index (χ4n) is 2.22. The Hall–Kier alpha value is -0.180. The molecule has 1 amide bonds. The number of amides is 1. The molecule has 0 saturated carbocycles. The van der Waals surface area contributed by atoms with Crippen LogP contribution in [0, 0.1) is 5.41 Å². The lowest BCUT2D eigenvalue weighted by Crippen LogP contribution is -2.51. The standard InChI is InChI=1S/C16H32N4OS.HI/c1-7-17-14(20-10-11-22-16(5,6)12-20)19-9-8-18-13(21)15(2,3)4;/h7-12H2,1-6H3,(H,17,19)(H,18,21);1H. The van der Waals surface area contributed by atoms with Gasteiger partial charge in [-0.25, -0.2) is 0 Å². The predicted octanol–water partition coefficient (Wildman–Crippen LogP) is 2.56. The monoisotopic (exact) mass is 456 g/mol. The van der Waals surface area contributed by atoms with Crippen LogP contribution in [0.15, 0.2) is 4.99 Å². The number of carbonyl (C=O) groups excluding carboxylic acids is 1. The highest BCUT2D eigenvalue weighted by atomic mass is 127. The van der Waals surface area contributed by atoms with Crippen molar-refractivity contribution in [1.29, 1.82) is 0 Å². The van der Waals surface area contributed by atoms with Crippen molar-refractivity contribution in [3.63, 3.8) is 0 Å². The number of nitrogens with zero attached hydrogens (tertiary/aromatic N) is 2. The van der Waals surface area contributed by atoms with Gasteiger partial charge in [-0.2, -0.15) is 11.8 Å². The van der Waals surface area contributed by atoms with Crippen molar-refractivity contribution in [1.82, 2.24) is 15.5 Å². The van der Waals surface area contributed by atoms with E-state index in [2.05, 4.69) is 41.3 Å². The summed E-state index contributed by atoms with van der Waals surface area (Å²) in [5.74, 6) is 2.15. The van der Waals surface area contributed by atoms with Crippen molar-refractivity contribution in [3.8, 4) is 0 Å². The van der Waals surface area contributed by atoms with Crippen LogP contribution in [0.25, 0.3) is 0 Å². The van der Waals surface area contributed by atoms with E-state index in [0.717, 1.165) is 31.3 Å². The largest absolute Gasteiger partial charge is 0.357 e. The van der Waals surface area contributed by atoms with E-state index in [4.69, 9.17) is 0 Å². The smallest absolute Gasteiger partial charge is 0.225 e. The summed E-state index contributed by atoms with van der Waals surface area (Å²) in [5.41, 5.74) is -0.345. The lowest BCUT2D eigenvalue weighted by molar-refractivity contribution is -0.128. The first kappa shape index (κ1) is 22.8. The number of guanidine groups is 1. The third kappa shape index (κ3) is 8.47. The van der Waals surface area contributed by atoms with Crippen LogP contribution in [-0.4, -0.2) is 60.0 Å². The maximum atomic E-state index is 11.8. The first-order valence-electron chi connectivity index (χ1n) is 8.11. The summed E-state index contributed by atoms with van der Waals surface area (Å²) in [6.07, 6.45) is 0. The summed E-state index contributed by atoms with van der Waals surface area (Å²) in [4.78, 5) is 18.8. The van der Waals surface area contributed by atoms with Crippen molar-refractivity contribution >= 4 is 47.6 Å². The molecular weight excluding hydrogens is 423 g/mol. The molecule has 0 unspecified atom stereocenters. The Kier molecular flexibility index (Phi) is 9.88. The third-order valence-electron chi connectivity index (χ3n) is 3.40. The first-order chi connectivity index (χ1) is 10.2. The molecule has 0 spiro atoms. The van der Waals surface area contributed by atoms with Gasteiger partial charge in [0.25, 0.3) is 0 Å². The number of carbonyl (C=O) groups is 1. The second-order valence-corrected chi connectivity index (χ2v) is 9.07. The molecule has 0 aromatic rings. The van der Waals surface area contributed by atoms with E-state index >= 15 is 0 Å². The maximum absolute atomic E-state index is 11.8. The molecule has 1 aliphatic rings. The number of aliphatic imine (C=N–C) groups is 1. The summed E-state index contributed by atoms with van der Waals surface area (Å²) in [7, 11) is 0. The van der Waals surface area contributed by atoms with Crippen molar-refractivity contribution in [3.05, 3.63) is 0 Å². The molecule has 7 heteroatoms. The van der Waals surface area contributed by atoms with E-state index in [9.17, 15) is 4.79 Å². The van der Waals surface area contributed by atoms with E-state index in [1.54, 1.807) is 0 Å². The molecule has 0 aromatic heterocycles. The van der Waals surface area contributed by atoms with Gasteiger partial charge in [0.05, 0.1) is 6.54 Å². The van der Waals surface area contributed by atoms with Crippen LogP contribution in [0.1, 0.15) is 41.5 Å². The van der Waals surface area contributed by atoms with Crippen LogP contribution in [0.3, 0.4) is 0 Å². The lowest BCUT2D eigenvalue weighted by Gasteiger charge is -2.39. The summed E-state index contributed by atoms with van der Waals surface area (Å²) in [5, 5.41) is 6.31. The molecule has 1 aliphatic heterocycles. The van der Waals surface area contributed by atoms with Gasteiger partial charge in [-0.1, -0.05) is 20.8 Å². The van der Waals surface area contributed by atoms with Crippen molar-refractivity contribution in [2.24, 2.45) is 10.4 Å². The van der Waals surface area contributed by atoms with Crippen LogP contribution >= 0.6 is 35.7 Å². The van der Waals surface area contributed by atoms with Gasteiger partial charge in [-0.3, -0.25) is 9.79 Å². The SMILES string of the molecule is CCNC(=NCCNC(=O)C(C)(C)C)N1CCSC(C)(C)C1.I. The second kappa shape index (κ2) is 9.96. The highest BCUT2D eigenvalue weighted by molar-refractivity contribution is 14.0. The van der Waals surface area contributed by atoms with Gasteiger partial charge in [0.2, 0.25) is 5.91 Å². The molecule has 1 rings (SSSR count). The van der Waals surface area contributed by atoms with Crippen molar-refractivity contribution in [2.45, 2.75) is 46.3 Å². The molecule has 0 aromatic carbocycles. The number of hydrogen-bond acceptors (Lipinski definition) is 3. The van der Waals surface area contributed by atoms with Crippen LogP contribution in [0.4, 0.5) is 0 Å². The molecular formula is C16H33IN4OS. The summed E-state index contributed by atoms with van der Waals surface area (Å²) >= 11 is 2.01. The Bertz CT molecular complexity index is 407. The summed E-state index contributed by atoms with van der Waals surface area (Å²) in [6, 6.07) is 0. The normalized spacial score (nSPS) is 18.2. The molecule has 0 atom stereocenters. The lowest BCUT2D eigenvalue weighted by atomic mass is 9.96. The van der Waals surface area contributed by atoms with Gasteiger partial charge in [-0.05, 0) is 20.8 Å². The zero-order chi connectivity index (χ0) is 16.8. The zero-order valence-corrected chi connectivity index (χ0v) is 18.5. The Morgan fingerprint density at radius 3 is 2.48 bits per heavy atom.